The maximum Gasteiger partial charge on any atom is 0.121 e. The van der Waals surface area contributed by atoms with Crippen LogP contribution < -0.4 is 14.8 Å². The van der Waals surface area contributed by atoms with Crippen LogP contribution in [0.4, 0.5) is 5.69 Å². The van der Waals surface area contributed by atoms with Gasteiger partial charge in [-0.15, -0.1) is 0 Å². The van der Waals surface area contributed by atoms with Gasteiger partial charge in [0, 0.05) is 18.3 Å². The summed E-state index contributed by atoms with van der Waals surface area (Å²) in [5.41, 5.74) is 2.31. The molecule has 0 saturated heterocycles. The lowest BCUT2D eigenvalue weighted by Gasteiger charge is -2.11. The molecule has 2 aromatic rings. The van der Waals surface area contributed by atoms with Crippen LogP contribution in [0.5, 0.6) is 11.5 Å². The summed E-state index contributed by atoms with van der Waals surface area (Å²) >= 11 is 0. The van der Waals surface area contributed by atoms with Crippen LogP contribution in [0.3, 0.4) is 0 Å². The number of rotatable bonds is 12. The molecule has 0 aliphatic carbocycles. The Morgan fingerprint density at radius 2 is 1.69 bits per heavy atom. The molecule has 0 radical (unpaired) electrons. The maximum atomic E-state index is 5.85. The van der Waals surface area contributed by atoms with E-state index in [1.54, 1.807) is 0 Å². The van der Waals surface area contributed by atoms with Gasteiger partial charge in [-0.1, -0.05) is 58.2 Å². The Hall–Kier alpha value is -2.16. The highest BCUT2D eigenvalue weighted by Gasteiger charge is 2.00. The molecule has 1 N–H and O–H groups in total. The van der Waals surface area contributed by atoms with Crippen molar-refractivity contribution in [2.75, 3.05) is 18.5 Å². The maximum absolute atomic E-state index is 5.85. The van der Waals surface area contributed by atoms with E-state index in [1.165, 1.54) is 24.8 Å². The van der Waals surface area contributed by atoms with Crippen molar-refractivity contribution >= 4 is 5.69 Å². The lowest BCUT2D eigenvalue weighted by molar-refractivity contribution is 0.271. The van der Waals surface area contributed by atoms with Gasteiger partial charge in [-0.2, -0.15) is 0 Å². The zero-order valence-electron chi connectivity index (χ0n) is 16.5. The zero-order valence-corrected chi connectivity index (χ0v) is 16.5. The minimum Gasteiger partial charge on any atom is -0.494 e. The number of anilines is 1. The average Bonchev–Trinajstić information content (AvgIpc) is 2.66. The van der Waals surface area contributed by atoms with Crippen molar-refractivity contribution in [2.24, 2.45) is 5.92 Å². The number of hydrogen-bond acceptors (Lipinski definition) is 3. The lowest BCUT2D eigenvalue weighted by atomic mass is 10.2. The van der Waals surface area contributed by atoms with Crippen molar-refractivity contribution in [1.29, 1.82) is 0 Å². The van der Waals surface area contributed by atoms with E-state index in [0.717, 1.165) is 43.4 Å². The number of benzene rings is 2. The Morgan fingerprint density at radius 1 is 0.885 bits per heavy atom. The summed E-state index contributed by atoms with van der Waals surface area (Å²) in [6.45, 7) is 8.86. The monoisotopic (exact) mass is 355 g/mol. The highest BCUT2D eigenvalue weighted by Crippen LogP contribution is 2.19. The molecule has 2 rings (SSSR count). The van der Waals surface area contributed by atoms with Crippen molar-refractivity contribution in [3.63, 3.8) is 0 Å². The van der Waals surface area contributed by atoms with E-state index in [1.807, 2.05) is 24.3 Å². The molecule has 0 aliphatic rings. The molecule has 142 valence electrons. The van der Waals surface area contributed by atoms with Crippen LogP contribution in [0.2, 0.25) is 0 Å². The Labute approximate surface area is 158 Å². The molecule has 3 nitrogen and oxygen atoms in total. The van der Waals surface area contributed by atoms with Gasteiger partial charge in [0.15, 0.2) is 0 Å². The standard InChI is InChI=1S/C23H33NO2/c1-4-5-6-7-15-25-23-10-8-9-21(16-23)24-17-20-11-13-22(14-12-20)26-18-19(2)3/h8-14,16,19,24H,4-7,15,17-18H2,1-3H3. The average molecular weight is 356 g/mol. The molecular formula is C23H33NO2. The number of ether oxygens (including phenoxy) is 2. The van der Waals surface area contributed by atoms with Crippen LogP contribution in [0.15, 0.2) is 48.5 Å². The van der Waals surface area contributed by atoms with Gasteiger partial charge in [0.05, 0.1) is 13.2 Å². The molecule has 3 heteroatoms. The van der Waals surface area contributed by atoms with Crippen molar-refractivity contribution in [1.82, 2.24) is 0 Å². The summed E-state index contributed by atoms with van der Waals surface area (Å²) in [6, 6.07) is 16.5. The van der Waals surface area contributed by atoms with Gasteiger partial charge < -0.3 is 14.8 Å². The van der Waals surface area contributed by atoms with E-state index in [0.29, 0.717) is 5.92 Å². The van der Waals surface area contributed by atoms with Crippen molar-refractivity contribution in [2.45, 2.75) is 53.0 Å². The number of hydrogen-bond donors (Lipinski definition) is 1. The predicted molar refractivity (Wildman–Crippen MR) is 110 cm³/mol. The Morgan fingerprint density at radius 3 is 2.42 bits per heavy atom. The summed E-state index contributed by atoms with van der Waals surface area (Å²) in [5, 5.41) is 3.46. The fourth-order valence-corrected chi connectivity index (χ4v) is 2.59. The van der Waals surface area contributed by atoms with E-state index in [2.05, 4.69) is 50.4 Å². The predicted octanol–water partition coefficient (Wildman–Crippen LogP) is 6.29. The third kappa shape index (κ3) is 7.81. The minimum atomic E-state index is 0.539. The van der Waals surface area contributed by atoms with Crippen molar-refractivity contribution in [3.8, 4) is 11.5 Å². The van der Waals surface area contributed by atoms with Crippen molar-refractivity contribution in [3.05, 3.63) is 54.1 Å². The van der Waals surface area contributed by atoms with Crippen LogP contribution in [0, 0.1) is 5.92 Å². The first-order valence-corrected chi connectivity index (χ1v) is 9.86. The third-order valence-electron chi connectivity index (χ3n) is 4.10. The minimum absolute atomic E-state index is 0.539. The van der Waals surface area contributed by atoms with Gasteiger partial charge in [-0.25, -0.2) is 0 Å². The molecule has 26 heavy (non-hydrogen) atoms. The van der Waals surface area contributed by atoms with Crippen LogP contribution in [0.25, 0.3) is 0 Å². The quantitative estimate of drug-likeness (QED) is 0.454. The van der Waals surface area contributed by atoms with E-state index in [9.17, 15) is 0 Å². The second kappa shape index (κ2) is 11.5. The van der Waals surface area contributed by atoms with E-state index in [-0.39, 0.29) is 0 Å². The molecule has 0 spiro atoms. The normalized spacial score (nSPS) is 10.8. The van der Waals surface area contributed by atoms with Crippen LogP contribution in [-0.2, 0) is 6.54 Å². The van der Waals surface area contributed by atoms with Crippen molar-refractivity contribution < 1.29 is 9.47 Å². The SMILES string of the molecule is CCCCCCOc1cccc(NCc2ccc(OCC(C)C)cc2)c1. The largest absolute Gasteiger partial charge is 0.494 e. The molecule has 0 heterocycles. The molecule has 0 fully saturated rings. The molecule has 0 atom stereocenters. The molecule has 0 saturated carbocycles. The topological polar surface area (TPSA) is 30.5 Å². The van der Waals surface area contributed by atoms with Gasteiger partial charge in [0.25, 0.3) is 0 Å². The molecular weight excluding hydrogens is 322 g/mol. The van der Waals surface area contributed by atoms with Crippen LogP contribution >= 0.6 is 0 Å². The summed E-state index contributed by atoms with van der Waals surface area (Å²) in [5.74, 6) is 2.40. The van der Waals surface area contributed by atoms with Gasteiger partial charge >= 0.3 is 0 Å². The molecule has 0 amide bonds. The molecule has 0 bridgehead atoms. The third-order valence-corrected chi connectivity index (χ3v) is 4.10. The van der Waals surface area contributed by atoms with Gasteiger partial charge in [0.1, 0.15) is 11.5 Å². The first-order valence-electron chi connectivity index (χ1n) is 9.86. The summed E-state index contributed by atoms with van der Waals surface area (Å²) in [7, 11) is 0. The van der Waals surface area contributed by atoms with E-state index < -0.39 is 0 Å². The summed E-state index contributed by atoms with van der Waals surface area (Å²) < 4.78 is 11.6. The lowest BCUT2D eigenvalue weighted by Crippen LogP contribution is -2.04. The highest BCUT2D eigenvalue weighted by atomic mass is 16.5. The number of unbranched alkanes of at least 4 members (excludes halogenated alkanes) is 3. The molecule has 2 aromatic carbocycles. The Balaban J connectivity index is 1.77. The highest BCUT2D eigenvalue weighted by molar-refractivity contribution is 5.48. The molecule has 0 aliphatic heterocycles. The van der Waals surface area contributed by atoms with Gasteiger partial charge in [-0.3, -0.25) is 0 Å². The van der Waals surface area contributed by atoms with E-state index in [4.69, 9.17) is 9.47 Å². The smallest absolute Gasteiger partial charge is 0.121 e. The second-order valence-corrected chi connectivity index (χ2v) is 7.14. The van der Waals surface area contributed by atoms with Gasteiger partial charge in [-0.05, 0) is 42.2 Å². The van der Waals surface area contributed by atoms with Crippen LogP contribution in [-0.4, -0.2) is 13.2 Å². The zero-order chi connectivity index (χ0) is 18.6. The van der Waals surface area contributed by atoms with E-state index >= 15 is 0 Å². The second-order valence-electron chi connectivity index (χ2n) is 7.14. The Kier molecular flexibility index (Phi) is 8.88. The Bertz CT molecular complexity index is 622. The first kappa shape index (κ1) is 20.2. The van der Waals surface area contributed by atoms with Crippen LogP contribution in [0.1, 0.15) is 52.0 Å². The molecule has 0 unspecified atom stereocenters. The fraction of sp³-hybridized carbons (Fsp3) is 0.478. The summed E-state index contributed by atoms with van der Waals surface area (Å²) in [4.78, 5) is 0. The summed E-state index contributed by atoms with van der Waals surface area (Å²) in [6.07, 6.45) is 4.90. The first-order chi connectivity index (χ1) is 12.7. The molecule has 0 aromatic heterocycles. The fourth-order valence-electron chi connectivity index (χ4n) is 2.59. The van der Waals surface area contributed by atoms with Gasteiger partial charge in [0.2, 0.25) is 0 Å². The number of nitrogens with one attached hydrogen (secondary N) is 1.